The van der Waals surface area contributed by atoms with Crippen LogP contribution in [-0.2, 0) is 10.0 Å². The number of hydrogen-bond donors (Lipinski definition) is 1. The van der Waals surface area contributed by atoms with E-state index in [1.165, 1.54) is 21.3 Å². The summed E-state index contributed by atoms with van der Waals surface area (Å²) in [6.07, 6.45) is 0. The first-order valence-electron chi connectivity index (χ1n) is 6.82. The Labute approximate surface area is 133 Å². The number of amides is 2. The molecule has 0 saturated carbocycles. The molecule has 1 aromatic carbocycles. The highest BCUT2D eigenvalue weighted by Gasteiger charge is 2.27. The fraction of sp³-hybridized carbons (Fsp3) is 0.462. The molecule has 6 nitrogen and oxygen atoms in total. The van der Waals surface area contributed by atoms with E-state index in [1.54, 1.807) is 6.92 Å². The maximum absolute atomic E-state index is 13.0. The zero-order valence-electron chi connectivity index (χ0n) is 12.1. The van der Waals surface area contributed by atoms with Crippen molar-refractivity contribution in [1.82, 2.24) is 9.21 Å². The maximum atomic E-state index is 13.0. The number of carbonyl (C=O) groups excluding carboxylic acids is 1. The Morgan fingerprint density at radius 2 is 1.95 bits per heavy atom. The van der Waals surface area contributed by atoms with E-state index in [9.17, 15) is 17.6 Å². The molecule has 1 heterocycles. The van der Waals surface area contributed by atoms with Gasteiger partial charge in [-0.05, 0) is 25.1 Å². The van der Waals surface area contributed by atoms with Gasteiger partial charge in [0.25, 0.3) is 0 Å². The van der Waals surface area contributed by atoms with Crippen molar-refractivity contribution < 1.29 is 17.6 Å². The molecule has 0 aliphatic carbocycles. The molecular formula is C13H17ClFN3O3S. The third kappa shape index (κ3) is 3.88. The average Bonchev–Trinajstić information content (AvgIpc) is 2.50. The van der Waals surface area contributed by atoms with E-state index in [-0.39, 0.29) is 29.9 Å². The SMILES string of the molecule is CCS(=O)(=O)N1CCN(C(=O)Nc2ccc(F)cc2Cl)CC1. The van der Waals surface area contributed by atoms with Crippen molar-refractivity contribution in [2.75, 3.05) is 37.2 Å². The van der Waals surface area contributed by atoms with Crippen LogP contribution in [0, 0.1) is 5.82 Å². The fourth-order valence-electron chi connectivity index (χ4n) is 2.14. The maximum Gasteiger partial charge on any atom is 0.321 e. The molecule has 1 aliphatic rings. The lowest BCUT2D eigenvalue weighted by atomic mass is 10.3. The molecule has 0 bridgehead atoms. The number of nitrogens with one attached hydrogen (secondary N) is 1. The number of rotatable bonds is 3. The van der Waals surface area contributed by atoms with Gasteiger partial charge in [-0.25, -0.2) is 17.6 Å². The zero-order chi connectivity index (χ0) is 16.3. The van der Waals surface area contributed by atoms with Crippen molar-refractivity contribution in [3.8, 4) is 0 Å². The summed E-state index contributed by atoms with van der Waals surface area (Å²) < 4.78 is 37.8. The molecule has 0 atom stereocenters. The van der Waals surface area contributed by atoms with Gasteiger partial charge in [0, 0.05) is 26.2 Å². The molecule has 1 fully saturated rings. The normalized spacial score (nSPS) is 16.6. The minimum Gasteiger partial charge on any atom is -0.322 e. The standard InChI is InChI=1S/C13H17ClFN3O3S/c1-2-22(20,21)18-7-5-17(6-8-18)13(19)16-12-4-3-10(15)9-11(12)14/h3-4,9H,2,5-8H2,1H3,(H,16,19). The van der Waals surface area contributed by atoms with Crippen LogP contribution in [0.1, 0.15) is 6.92 Å². The van der Waals surface area contributed by atoms with Crippen LogP contribution in [0.4, 0.5) is 14.9 Å². The van der Waals surface area contributed by atoms with Crippen molar-refractivity contribution >= 4 is 33.3 Å². The molecule has 0 unspecified atom stereocenters. The van der Waals surface area contributed by atoms with Gasteiger partial charge < -0.3 is 10.2 Å². The lowest BCUT2D eigenvalue weighted by molar-refractivity contribution is 0.184. The predicted octanol–water partition coefficient (Wildman–Crippen LogP) is 1.98. The van der Waals surface area contributed by atoms with Gasteiger partial charge in [0.2, 0.25) is 10.0 Å². The zero-order valence-corrected chi connectivity index (χ0v) is 13.6. The highest BCUT2D eigenvalue weighted by atomic mass is 35.5. The van der Waals surface area contributed by atoms with Crippen LogP contribution in [0.25, 0.3) is 0 Å². The monoisotopic (exact) mass is 349 g/mol. The minimum absolute atomic E-state index is 0.0460. The van der Waals surface area contributed by atoms with Gasteiger partial charge in [0.05, 0.1) is 16.5 Å². The summed E-state index contributed by atoms with van der Waals surface area (Å²) in [4.78, 5) is 13.6. The Kier molecular flexibility index (Phi) is 5.25. The first-order chi connectivity index (χ1) is 10.3. The van der Waals surface area contributed by atoms with Crippen LogP contribution in [0.15, 0.2) is 18.2 Å². The third-order valence-electron chi connectivity index (χ3n) is 3.46. The summed E-state index contributed by atoms with van der Waals surface area (Å²) in [5, 5.41) is 2.71. The minimum atomic E-state index is -3.23. The van der Waals surface area contributed by atoms with Gasteiger partial charge in [-0.2, -0.15) is 4.31 Å². The topological polar surface area (TPSA) is 69.7 Å². The van der Waals surface area contributed by atoms with Gasteiger partial charge in [-0.15, -0.1) is 0 Å². The molecule has 2 rings (SSSR count). The van der Waals surface area contributed by atoms with E-state index in [4.69, 9.17) is 11.6 Å². The third-order valence-corrected chi connectivity index (χ3v) is 5.65. The predicted molar refractivity (Wildman–Crippen MR) is 83.0 cm³/mol. The van der Waals surface area contributed by atoms with Crippen molar-refractivity contribution in [2.45, 2.75) is 6.92 Å². The first kappa shape index (κ1) is 17.0. The molecule has 1 N–H and O–H groups in total. The molecular weight excluding hydrogens is 333 g/mol. The quantitative estimate of drug-likeness (QED) is 0.907. The summed E-state index contributed by atoms with van der Waals surface area (Å²) in [7, 11) is -3.23. The van der Waals surface area contributed by atoms with Crippen LogP contribution in [-0.4, -0.2) is 55.6 Å². The Balaban J connectivity index is 1.95. The largest absolute Gasteiger partial charge is 0.322 e. The Morgan fingerprint density at radius 1 is 1.32 bits per heavy atom. The van der Waals surface area contributed by atoms with Gasteiger partial charge in [0.1, 0.15) is 5.82 Å². The lowest BCUT2D eigenvalue weighted by Crippen LogP contribution is -2.51. The fourth-order valence-corrected chi connectivity index (χ4v) is 3.44. The van der Waals surface area contributed by atoms with Crippen LogP contribution in [0.5, 0.6) is 0 Å². The number of urea groups is 1. The second-order valence-electron chi connectivity index (χ2n) is 4.84. The molecule has 9 heteroatoms. The van der Waals surface area contributed by atoms with Gasteiger partial charge >= 0.3 is 6.03 Å². The van der Waals surface area contributed by atoms with Gasteiger partial charge in [-0.3, -0.25) is 0 Å². The van der Waals surface area contributed by atoms with Crippen LogP contribution in [0.2, 0.25) is 5.02 Å². The van der Waals surface area contributed by atoms with E-state index >= 15 is 0 Å². The Bertz CT molecular complexity index is 660. The highest BCUT2D eigenvalue weighted by molar-refractivity contribution is 7.89. The number of carbonyl (C=O) groups is 1. The van der Waals surface area contributed by atoms with E-state index in [0.29, 0.717) is 18.8 Å². The summed E-state index contributed by atoms with van der Waals surface area (Å²) in [5.74, 6) is -0.439. The summed E-state index contributed by atoms with van der Waals surface area (Å²) in [6.45, 7) is 2.71. The molecule has 2 amide bonds. The second-order valence-corrected chi connectivity index (χ2v) is 7.51. The molecule has 1 aromatic rings. The number of benzene rings is 1. The van der Waals surface area contributed by atoms with Crippen molar-refractivity contribution in [3.05, 3.63) is 29.0 Å². The van der Waals surface area contributed by atoms with Crippen LogP contribution < -0.4 is 5.32 Å². The second kappa shape index (κ2) is 6.80. The van der Waals surface area contributed by atoms with Crippen LogP contribution >= 0.6 is 11.6 Å². The molecule has 1 saturated heterocycles. The average molecular weight is 350 g/mol. The van der Waals surface area contributed by atoms with Crippen molar-refractivity contribution in [1.29, 1.82) is 0 Å². The number of anilines is 1. The summed E-state index contributed by atoms with van der Waals surface area (Å²) >= 11 is 5.85. The molecule has 22 heavy (non-hydrogen) atoms. The van der Waals surface area contributed by atoms with Crippen molar-refractivity contribution in [2.24, 2.45) is 0 Å². The van der Waals surface area contributed by atoms with E-state index in [1.807, 2.05) is 0 Å². The molecule has 1 aliphatic heterocycles. The molecule has 0 spiro atoms. The molecule has 0 radical (unpaired) electrons. The summed E-state index contributed by atoms with van der Waals surface area (Å²) in [6, 6.07) is 3.31. The van der Waals surface area contributed by atoms with Gasteiger partial charge in [-0.1, -0.05) is 11.6 Å². The highest BCUT2D eigenvalue weighted by Crippen LogP contribution is 2.23. The smallest absolute Gasteiger partial charge is 0.321 e. The first-order valence-corrected chi connectivity index (χ1v) is 8.81. The number of sulfonamides is 1. The number of piperazine rings is 1. The number of hydrogen-bond acceptors (Lipinski definition) is 3. The molecule has 122 valence electrons. The molecule has 0 aromatic heterocycles. The Morgan fingerprint density at radius 3 is 2.50 bits per heavy atom. The number of halogens is 2. The van der Waals surface area contributed by atoms with E-state index in [0.717, 1.165) is 6.07 Å². The number of nitrogens with zero attached hydrogens (tertiary/aromatic N) is 2. The van der Waals surface area contributed by atoms with Crippen LogP contribution in [0.3, 0.4) is 0 Å². The summed E-state index contributed by atoms with van der Waals surface area (Å²) in [5.41, 5.74) is 0.316. The lowest BCUT2D eigenvalue weighted by Gasteiger charge is -2.33. The van der Waals surface area contributed by atoms with Crippen molar-refractivity contribution in [3.63, 3.8) is 0 Å². The van der Waals surface area contributed by atoms with E-state index < -0.39 is 15.8 Å². The van der Waals surface area contributed by atoms with E-state index in [2.05, 4.69) is 5.32 Å². The van der Waals surface area contributed by atoms with Gasteiger partial charge in [0.15, 0.2) is 0 Å². The Hall–Kier alpha value is -1.38.